The minimum absolute atomic E-state index is 0.200. The quantitative estimate of drug-likeness (QED) is 0.696. The van der Waals surface area contributed by atoms with Crippen LogP contribution in [0.3, 0.4) is 0 Å². The zero-order valence-corrected chi connectivity index (χ0v) is 9.68. The highest BCUT2D eigenvalue weighted by molar-refractivity contribution is 6.28. The Kier molecular flexibility index (Phi) is 2.27. The molecule has 1 aromatic carbocycles. The van der Waals surface area contributed by atoms with E-state index in [4.69, 9.17) is 17.3 Å². The molecule has 0 saturated heterocycles. The lowest BCUT2D eigenvalue weighted by Crippen LogP contribution is -1.99. The lowest BCUT2D eigenvalue weighted by atomic mass is 10.0. The van der Waals surface area contributed by atoms with Crippen LogP contribution in [0.2, 0.25) is 5.28 Å². The summed E-state index contributed by atoms with van der Waals surface area (Å²) in [6, 6.07) is 2.00. The third-order valence-corrected chi connectivity index (χ3v) is 2.99. The standard InChI is InChI=1S/C11H12ClN3/c1-5-4-8-9(7(3)6(5)2)14-11(12)15-10(8)13/h4H,1-3H3,(H2,13,14,15). The zero-order chi connectivity index (χ0) is 11.2. The first-order valence-corrected chi connectivity index (χ1v) is 5.08. The van der Waals surface area contributed by atoms with Crippen molar-refractivity contribution in [1.29, 1.82) is 0 Å². The molecule has 78 valence electrons. The second kappa shape index (κ2) is 3.35. The Bertz CT molecular complexity index is 549. The normalized spacial score (nSPS) is 10.9. The van der Waals surface area contributed by atoms with Crippen molar-refractivity contribution in [2.75, 3.05) is 5.73 Å². The first-order valence-electron chi connectivity index (χ1n) is 4.70. The average molecular weight is 222 g/mol. The van der Waals surface area contributed by atoms with Crippen molar-refractivity contribution >= 4 is 28.3 Å². The molecule has 4 heteroatoms. The second-order valence-corrected chi connectivity index (χ2v) is 4.06. The highest BCUT2D eigenvalue weighted by atomic mass is 35.5. The predicted octanol–water partition coefficient (Wildman–Crippen LogP) is 2.79. The Morgan fingerprint density at radius 3 is 2.47 bits per heavy atom. The van der Waals surface area contributed by atoms with Crippen molar-refractivity contribution in [3.05, 3.63) is 28.0 Å². The molecular weight excluding hydrogens is 210 g/mol. The number of rotatable bonds is 0. The largest absolute Gasteiger partial charge is 0.383 e. The van der Waals surface area contributed by atoms with E-state index in [1.54, 1.807) is 0 Å². The number of fused-ring (bicyclic) bond motifs is 1. The average Bonchev–Trinajstić information content (AvgIpc) is 2.17. The van der Waals surface area contributed by atoms with Crippen molar-refractivity contribution in [2.45, 2.75) is 20.8 Å². The van der Waals surface area contributed by atoms with Crippen molar-refractivity contribution < 1.29 is 0 Å². The minimum Gasteiger partial charge on any atom is -0.383 e. The van der Waals surface area contributed by atoms with Crippen LogP contribution in [-0.4, -0.2) is 9.97 Å². The van der Waals surface area contributed by atoms with Crippen LogP contribution in [0.15, 0.2) is 6.07 Å². The number of hydrogen-bond acceptors (Lipinski definition) is 3. The van der Waals surface area contributed by atoms with Crippen LogP contribution in [0, 0.1) is 20.8 Å². The van der Waals surface area contributed by atoms with Gasteiger partial charge in [-0.3, -0.25) is 0 Å². The smallest absolute Gasteiger partial charge is 0.224 e. The van der Waals surface area contributed by atoms with E-state index < -0.39 is 0 Å². The molecule has 0 atom stereocenters. The molecule has 0 radical (unpaired) electrons. The molecule has 0 aliphatic heterocycles. The van der Waals surface area contributed by atoms with Crippen LogP contribution in [0.4, 0.5) is 5.82 Å². The van der Waals surface area contributed by atoms with Crippen LogP contribution in [0.25, 0.3) is 10.9 Å². The van der Waals surface area contributed by atoms with E-state index in [1.165, 1.54) is 11.1 Å². The lowest BCUT2D eigenvalue weighted by molar-refractivity contribution is 1.20. The number of halogens is 1. The fourth-order valence-electron chi connectivity index (χ4n) is 1.68. The number of benzene rings is 1. The molecule has 15 heavy (non-hydrogen) atoms. The molecule has 2 rings (SSSR count). The highest BCUT2D eigenvalue weighted by Crippen LogP contribution is 2.27. The zero-order valence-electron chi connectivity index (χ0n) is 8.93. The summed E-state index contributed by atoms with van der Waals surface area (Å²) >= 11 is 5.79. The first-order chi connectivity index (χ1) is 7.00. The molecule has 0 spiro atoms. The van der Waals surface area contributed by atoms with E-state index in [1.807, 2.05) is 13.0 Å². The van der Waals surface area contributed by atoms with Crippen LogP contribution in [-0.2, 0) is 0 Å². The van der Waals surface area contributed by atoms with Gasteiger partial charge in [-0.25, -0.2) is 9.97 Å². The molecule has 1 heterocycles. The summed E-state index contributed by atoms with van der Waals surface area (Å²) in [5.74, 6) is 0.441. The number of nitrogens with zero attached hydrogens (tertiary/aromatic N) is 2. The van der Waals surface area contributed by atoms with Crippen molar-refractivity contribution in [3.63, 3.8) is 0 Å². The van der Waals surface area contributed by atoms with Gasteiger partial charge >= 0.3 is 0 Å². The first kappa shape index (κ1) is 10.2. The van der Waals surface area contributed by atoms with E-state index in [2.05, 4.69) is 23.8 Å². The van der Waals surface area contributed by atoms with Gasteiger partial charge in [0.25, 0.3) is 0 Å². The predicted molar refractivity (Wildman–Crippen MR) is 63.2 cm³/mol. The van der Waals surface area contributed by atoms with E-state index in [0.29, 0.717) is 5.82 Å². The Morgan fingerprint density at radius 2 is 1.80 bits per heavy atom. The maximum atomic E-state index is 5.81. The SMILES string of the molecule is Cc1cc2c(N)nc(Cl)nc2c(C)c1C. The van der Waals surface area contributed by atoms with Crippen LogP contribution >= 0.6 is 11.6 Å². The van der Waals surface area contributed by atoms with Gasteiger partial charge in [-0.05, 0) is 55.1 Å². The Morgan fingerprint density at radius 1 is 1.13 bits per heavy atom. The van der Waals surface area contributed by atoms with Gasteiger partial charge in [0.1, 0.15) is 5.82 Å². The summed E-state index contributed by atoms with van der Waals surface area (Å²) in [4.78, 5) is 8.16. The van der Waals surface area contributed by atoms with Gasteiger partial charge in [0.05, 0.1) is 5.52 Å². The van der Waals surface area contributed by atoms with Crippen molar-refractivity contribution in [1.82, 2.24) is 9.97 Å². The number of hydrogen-bond donors (Lipinski definition) is 1. The molecule has 0 bridgehead atoms. The summed E-state index contributed by atoms with van der Waals surface area (Å²) in [6.45, 7) is 6.14. The van der Waals surface area contributed by atoms with Gasteiger partial charge in [0.15, 0.2) is 0 Å². The Labute approximate surface area is 93.3 Å². The number of aromatic nitrogens is 2. The van der Waals surface area contributed by atoms with E-state index in [-0.39, 0.29) is 5.28 Å². The molecule has 0 aliphatic carbocycles. The maximum Gasteiger partial charge on any atom is 0.224 e. The van der Waals surface area contributed by atoms with Gasteiger partial charge in [-0.1, -0.05) is 0 Å². The topological polar surface area (TPSA) is 51.8 Å². The fraction of sp³-hybridized carbons (Fsp3) is 0.273. The summed E-state index contributed by atoms with van der Waals surface area (Å²) in [6.07, 6.45) is 0. The molecule has 2 N–H and O–H groups in total. The third kappa shape index (κ3) is 1.53. The molecule has 0 fully saturated rings. The maximum absolute atomic E-state index is 5.81. The van der Waals surface area contributed by atoms with Gasteiger partial charge < -0.3 is 5.73 Å². The van der Waals surface area contributed by atoms with Gasteiger partial charge in [-0.15, -0.1) is 0 Å². The summed E-state index contributed by atoms with van der Waals surface area (Å²) < 4.78 is 0. The van der Waals surface area contributed by atoms with Gasteiger partial charge in [0.2, 0.25) is 5.28 Å². The molecule has 0 amide bonds. The summed E-state index contributed by atoms with van der Waals surface area (Å²) in [5, 5.41) is 1.08. The van der Waals surface area contributed by atoms with Crippen LogP contribution in [0.1, 0.15) is 16.7 Å². The van der Waals surface area contributed by atoms with Gasteiger partial charge in [-0.2, -0.15) is 0 Å². The Balaban J connectivity index is 2.98. The fourth-order valence-corrected chi connectivity index (χ4v) is 1.86. The van der Waals surface area contributed by atoms with E-state index in [9.17, 15) is 0 Å². The molecule has 0 saturated carbocycles. The second-order valence-electron chi connectivity index (χ2n) is 3.72. The number of nitrogen functional groups attached to an aromatic ring is 1. The molecule has 2 aromatic rings. The summed E-state index contributed by atoms with van der Waals surface area (Å²) in [7, 11) is 0. The van der Waals surface area contributed by atoms with Crippen molar-refractivity contribution in [3.8, 4) is 0 Å². The van der Waals surface area contributed by atoms with E-state index in [0.717, 1.165) is 16.5 Å². The summed E-state index contributed by atoms with van der Waals surface area (Å²) in [5.41, 5.74) is 10.2. The molecular formula is C11H12ClN3. The third-order valence-electron chi connectivity index (χ3n) is 2.82. The van der Waals surface area contributed by atoms with Crippen molar-refractivity contribution in [2.24, 2.45) is 0 Å². The number of nitrogens with two attached hydrogens (primary N) is 1. The van der Waals surface area contributed by atoms with Crippen LogP contribution < -0.4 is 5.73 Å². The van der Waals surface area contributed by atoms with Crippen LogP contribution in [0.5, 0.6) is 0 Å². The number of anilines is 1. The van der Waals surface area contributed by atoms with Gasteiger partial charge in [0, 0.05) is 5.39 Å². The lowest BCUT2D eigenvalue weighted by Gasteiger charge is -2.09. The van der Waals surface area contributed by atoms with E-state index >= 15 is 0 Å². The minimum atomic E-state index is 0.200. The molecule has 0 unspecified atom stereocenters. The molecule has 0 aliphatic rings. The molecule has 3 nitrogen and oxygen atoms in total. The Hall–Kier alpha value is -1.35. The number of aryl methyl sites for hydroxylation is 2. The highest BCUT2D eigenvalue weighted by Gasteiger charge is 2.09. The monoisotopic (exact) mass is 221 g/mol. The molecule has 1 aromatic heterocycles.